The van der Waals surface area contributed by atoms with Crippen molar-refractivity contribution in [3.63, 3.8) is 0 Å². The smallest absolute Gasteiger partial charge is 0.0605 e. The maximum Gasteiger partial charge on any atom is 0.0605 e. The van der Waals surface area contributed by atoms with Gasteiger partial charge in [0, 0.05) is 18.6 Å². The number of hydrogen-bond donors (Lipinski definition) is 0. The number of ether oxygens (including phenoxy) is 1. The lowest BCUT2D eigenvalue weighted by atomic mass is 9.99. The van der Waals surface area contributed by atoms with Gasteiger partial charge in [-0.1, -0.05) is 0 Å². The molecular weight excluding hydrogens is 174 g/mol. The second kappa shape index (κ2) is 5.13. The number of nitrogens with zero attached hydrogens (tertiary/aromatic N) is 1. The van der Waals surface area contributed by atoms with E-state index in [9.17, 15) is 0 Å². The van der Waals surface area contributed by atoms with Gasteiger partial charge >= 0.3 is 0 Å². The molecule has 0 bridgehead atoms. The molecule has 0 amide bonds. The zero-order valence-corrected chi connectivity index (χ0v) is 10.3. The van der Waals surface area contributed by atoms with E-state index in [0.29, 0.717) is 24.3 Å². The van der Waals surface area contributed by atoms with Crippen LogP contribution >= 0.6 is 0 Å². The average Bonchev–Trinajstić information content (AvgIpc) is 2.01. The third-order valence-electron chi connectivity index (χ3n) is 3.01. The Morgan fingerprint density at radius 3 is 2.29 bits per heavy atom. The summed E-state index contributed by atoms with van der Waals surface area (Å²) in [7, 11) is 0. The molecule has 0 N–H and O–H groups in total. The molecule has 1 heterocycles. The first-order valence-corrected chi connectivity index (χ1v) is 5.92. The molecule has 2 heteroatoms. The fourth-order valence-electron chi connectivity index (χ4n) is 2.42. The van der Waals surface area contributed by atoms with Gasteiger partial charge in [-0.05, 0) is 47.5 Å². The van der Waals surface area contributed by atoms with Crippen LogP contribution < -0.4 is 0 Å². The largest absolute Gasteiger partial charge is 0.375 e. The third kappa shape index (κ3) is 3.25. The molecule has 0 aromatic rings. The third-order valence-corrected chi connectivity index (χ3v) is 3.01. The molecule has 2 atom stereocenters. The van der Waals surface area contributed by atoms with Crippen LogP contribution in [-0.4, -0.2) is 35.7 Å². The molecule has 0 aromatic carbocycles. The van der Waals surface area contributed by atoms with Crippen molar-refractivity contribution >= 4 is 0 Å². The molecule has 0 aliphatic carbocycles. The zero-order valence-electron chi connectivity index (χ0n) is 10.3. The highest BCUT2D eigenvalue weighted by Gasteiger charge is 2.27. The summed E-state index contributed by atoms with van der Waals surface area (Å²) in [5.74, 6) is 0. The standard InChI is InChI=1S/C12H25NO/c1-9(2)13-7-6-12(8-11(13)5)14-10(3)4/h9-12H,6-8H2,1-5H3/t11-,12-/m0/s1. The van der Waals surface area contributed by atoms with Crippen molar-refractivity contribution in [3.8, 4) is 0 Å². The van der Waals surface area contributed by atoms with E-state index < -0.39 is 0 Å². The molecule has 1 aliphatic heterocycles. The van der Waals surface area contributed by atoms with E-state index in [1.807, 2.05) is 0 Å². The van der Waals surface area contributed by atoms with E-state index >= 15 is 0 Å². The summed E-state index contributed by atoms with van der Waals surface area (Å²) >= 11 is 0. The fraction of sp³-hybridized carbons (Fsp3) is 1.00. The van der Waals surface area contributed by atoms with Crippen molar-refractivity contribution in [1.82, 2.24) is 4.90 Å². The molecule has 1 aliphatic rings. The van der Waals surface area contributed by atoms with E-state index in [0.717, 1.165) is 0 Å². The Kier molecular flexibility index (Phi) is 4.39. The molecule has 0 unspecified atom stereocenters. The summed E-state index contributed by atoms with van der Waals surface area (Å²) in [5.41, 5.74) is 0. The first-order valence-electron chi connectivity index (χ1n) is 5.92. The minimum atomic E-state index is 0.373. The SMILES string of the molecule is CC(C)O[C@H]1CCN(C(C)C)[C@@H](C)C1. The van der Waals surface area contributed by atoms with Gasteiger partial charge in [0.25, 0.3) is 0 Å². The Bertz CT molecular complexity index is 168. The van der Waals surface area contributed by atoms with Crippen LogP contribution in [0, 0.1) is 0 Å². The molecule has 1 rings (SSSR count). The van der Waals surface area contributed by atoms with Crippen molar-refractivity contribution in [2.45, 2.75) is 71.8 Å². The normalized spacial score (nSPS) is 30.2. The summed E-state index contributed by atoms with van der Waals surface area (Å²) in [4.78, 5) is 2.57. The van der Waals surface area contributed by atoms with Crippen LogP contribution in [0.4, 0.5) is 0 Å². The van der Waals surface area contributed by atoms with Crippen molar-refractivity contribution in [1.29, 1.82) is 0 Å². The topological polar surface area (TPSA) is 12.5 Å². The lowest BCUT2D eigenvalue weighted by Gasteiger charge is -2.40. The van der Waals surface area contributed by atoms with Gasteiger partial charge in [-0.3, -0.25) is 4.90 Å². The quantitative estimate of drug-likeness (QED) is 0.693. The Labute approximate surface area is 88.6 Å². The number of piperidine rings is 1. The van der Waals surface area contributed by atoms with Gasteiger partial charge in [0.1, 0.15) is 0 Å². The summed E-state index contributed by atoms with van der Waals surface area (Å²) in [6.45, 7) is 12.3. The van der Waals surface area contributed by atoms with Crippen molar-refractivity contribution in [2.24, 2.45) is 0 Å². The van der Waals surface area contributed by atoms with Gasteiger partial charge in [-0.25, -0.2) is 0 Å². The van der Waals surface area contributed by atoms with Crippen LogP contribution in [0.15, 0.2) is 0 Å². The molecule has 84 valence electrons. The van der Waals surface area contributed by atoms with E-state index in [4.69, 9.17) is 4.74 Å². The zero-order chi connectivity index (χ0) is 10.7. The monoisotopic (exact) mass is 199 g/mol. The molecule has 0 aromatic heterocycles. The Morgan fingerprint density at radius 1 is 1.21 bits per heavy atom. The highest BCUT2D eigenvalue weighted by molar-refractivity contribution is 4.81. The lowest BCUT2D eigenvalue weighted by molar-refractivity contribution is -0.0472. The highest BCUT2D eigenvalue weighted by atomic mass is 16.5. The molecule has 14 heavy (non-hydrogen) atoms. The van der Waals surface area contributed by atoms with Crippen LogP contribution in [0.2, 0.25) is 0 Å². The van der Waals surface area contributed by atoms with E-state index in [-0.39, 0.29) is 0 Å². The summed E-state index contributed by atoms with van der Waals surface area (Å²) in [6, 6.07) is 1.34. The minimum Gasteiger partial charge on any atom is -0.375 e. The van der Waals surface area contributed by atoms with Crippen LogP contribution in [-0.2, 0) is 4.74 Å². The van der Waals surface area contributed by atoms with E-state index in [2.05, 4.69) is 39.5 Å². The molecule has 2 nitrogen and oxygen atoms in total. The van der Waals surface area contributed by atoms with Crippen LogP contribution in [0.1, 0.15) is 47.5 Å². The highest BCUT2D eigenvalue weighted by Crippen LogP contribution is 2.22. The van der Waals surface area contributed by atoms with E-state index in [1.54, 1.807) is 0 Å². The van der Waals surface area contributed by atoms with Crippen LogP contribution in [0.25, 0.3) is 0 Å². The Morgan fingerprint density at radius 2 is 1.86 bits per heavy atom. The van der Waals surface area contributed by atoms with Gasteiger partial charge < -0.3 is 4.74 Å². The molecule has 0 radical (unpaired) electrons. The fourth-order valence-corrected chi connectivity index (χ4v) is 2.42. The number of rotatable bonds is 3. The first kappa shape index (κ1) is 12.0. The summed E-state index contributed by atoms with van der Waals surface area (Å²) in [5, 5.41) is 0. The molecule has 0 saturated carbocycles. The van der Waals surface area contributed by atoms with Crippen molar-refractivity contribution < 1.29 is 4.74 Å². The molecule has 1 fully saturated rings. The van der Waals surface area contributed by atoms with Gasteiger partial charge in [0.05, 0.1) is 12.2 Å². The summed E-state index contributed by atoms with van der Waals surface area (Å²) in [6.07, 6.45) is 3.25. The van der Waals surface area contributed by atoms with Gasteiger partial charge in [0.15, 0.2) is 0 Å². The predicted molar refractivity (Wildman–Crippen MR) is 60.5 cm³/mol. The van der Waals surface area contributed by atoms with Gasteiger partial charge in [0.2, 0.25) is 0 Å². The van der Waals surface area contributed by atoms with Gasteiger partial charge in [-0.2, -0.15) is 0 Å². The van der Waals surface area contributed by atoms with Crippen molar-refractivity contribution in [2.75, 3.05) is 6.54 Å². The maximum atomic E-state index is 5.86. The molecule has 1 saturated heterocycles. The van der Waals surface area contributed by atoms with Gasteiger partial charge in [-0.15, -0.1) is 0 Å². The predicted octanol–water partition coefficient (Wildman–Crippen LogP) is 2.67. The number of likely N-dealkylation sites (tertiary alicyclic amines) is 1. The van der Waals surface area contributed by atoms with Crippen molar-refractivity contribution in [3.05, 3.63) is 0 Å². The minimum absolute atomic E-state index is 0.373. The molecular formula is C12H25NO. The van der Waals surface area contributed by atoms with E-state index in [1.165, 1.54) is 19.4 Å². The second-order valence-corrected chi connectivity index (χ2v) is 5.01. The second-order valence-electron chi connectivity index (χ2n) is 5.01. The van der Waals surface area contributed by atoms with Crippen LogP contribution in [0.3, 0.4) is 0 Å². The molecule has 0 spiro atoms. The first-order chi connectivity index (χ1) is 6.50. The lowest BCUT2D eigenvalue weighted by Crippen LogP contribution is -2.47. The number of hydrogen-bond acceptors (Lipinski definition) is 2. The average molecular weight is 199 g/mol. The Balaban J connectivity index is 2.39. The Hall–Kier alpha value is -0.0800. The maximum absolute atomic E-state index is 5.86. The summed E-state index contributed by atoms with van der Waals surface area (Å²) < 4.78 is 5.86. The van der Waals surface area contributed by atoms with Crippen LogP contribution in [0.5, 0.6) is 0 Å².